The lowest BCUT2D eigenvalue weighted by atomic mass is 10.1. The van der Waals surface area contributed by atoms with E-state index in [1.165, 1.54) is 0 Å². The molecule has 0 spiro atoms. The van der Waals surface area contributed by atoms with E-state index >= 15 is 0 Å². The first-order valence-electron chi connectivity index (χ1n) is 12.4. The van der Waals surface area contributed by atoms with E-state index in [9.17, 15) is 4.79 Å². The number of nitrogens with zero attached hydrogens (tertiary/aromatic N) is 4. The molecule has 2 heterocycles. The highest BCUT2D eigenvalue weighted by molar-refractivity contribution is 7.98. The fourth-order valence-corrected chi connectivity index (χ4v) is 4.80. The summed E-state index contributed by atoms with van der Waals surface area (Å²) >= 11 is 1.63. The van der Waals surface area contributed by atoms with E-state index in [4.69, 9.17) is 9.97 Å². The molecule has 7 heteroatoms. The predicted molar refractivity (Wildman–Crippen MR) is 145 cm³/mol. The molecule has 3 aromatic rings. The highest BCUT2D eigenvalue weighted by Gasteiger charge is 2.19. The Balaban J connectivity index is 1.48. The van der Waals surface area contributed by atoms with Crippen LogP contribution < -0.4 is 10.2 Å². The number of hydrogen-bond acceptors (Lipinski definition) is 6. The zero-order valence-corrected chi connectivity index (χ0v) is 21.7. The molecule has 0 saturated carbocycles. The van der Waals surface area contributed by atoms with E-state index in [0.717, 1.165) is 66.3 Å². The summed E-state index contributed by atoms with van der Waals surface area (Å²) in [6.07, 6.45) is 0. The van der Waals surface area contributed by atoms with Crippen LogP contribution in [0.2, 0.25) is 0 Å². The van der Waals surface area contributed by atoms with Crippen molar-refractivity contribution < 1.29 is 4.79 Å². The highest BCUT2D eigenvalue weighted by Crippen LogP contribution is 2.28. The SMILES string of the molecule is CCN1CCN(c2cc(-c3ccccc3)nc(SCc3ccc(C(=O)NCC(C)C)cc3)n2)CC1. The molecule has 1 aliphatic heterocycles. The Kier molecular flexibility index (Phi) is 8.77. The first-order chi connectivity index (χ1) is 17.0. The van der Waals surface area contributed by atoms with Gasteiger partial charge in [-0.2, -0.15) is 0 Å². The van der Waals surface area contributed by atoms with E-state index in [-0.39, 0.29) is 5.91 Å². The molecular weight excluding hydrogens is 454 g/mol. The zero-order chi connectivity index (χ0) is 24.6. The van der Waals surface area contributed by atoms with Crippen LogP contribution in [0, 0.1) is 5.92 Å². The molecule has 0 bridgehead atoms. The van der Waals surface area contributed by atoms with E-state index in [2.05, 4.69) is 54.1 Å². The van der Waals surface area contributed by atoms with Crippen molar-refractivity contribution in [2.24, 2.45) is 5.92 Å². The number of carbonyl (C=O) groups excluding carboxylic acids is 1. The minimum Gasteiger partial charge on any atom is -0.354 e. The standard InChI is InChI=1S/C28H35N5OS/c1-4-32-14-16-33(17-15-32)26-18-25(23-8-6-5-7-9-23)30-28(31-26)35-20-22-10-12-24(13-11-22)27(34)29-19-21(2)3/h5-13,18,21H,4,14-17,19-20H2,1-3H3,(H,29,34). The molecule has 0 unspecified atom stereocenters. The number of carbonyl (C=O) groups is 1. The first kappa shape index (κ1) is 25.2. The van der Waals surface area contributed by atoms with Crippen LogP contribution in [-0.2, 0) is 5.75 Å². The van der Waals surface area contributed by atoms with Gasteiger partial charge in [-0.1, -0.05) is 75.0 Å². The predicted octanol–water partition coefficient (Wildman–Crippen LogP) is 4.96. The Morgan fingerprint density at radius 2 is 1.71 bits per heavy atom. The normalized spacial score (nSPS) is 14.3. The zero-order valence-electron chi connectivity index (χ0n) is 20.9. The molecule has 0 radical (unpaired) electrons. The molecule has 0 atom stereocenters. The van der Waals surface area contributed by atoms with E-state index in [0.29, 0.717) is 18.0 Å². The van der Waals surface area contributed by atoms with Crippen LogP contribution in [-0.4, -0.2) is 60.0 Å². The maximum Gasteiger partial charge on any atom is 0.251 e. The maximum atomic E-state index is 12.3. The van der Waals surface area contributed by atoms with Gasteiger partial charge in [-0.05, 0) is 30.2 Å². The number of aromatic nitrogens is 2. The summed E-state index contributed by atoms with van der Waals surface area (Å²) in [7, 11) is 0. The van der Waals surface area contributed by atoms with Crippen molar-refractivity contribution in [2.75, 3.05) is 44.2 Å². The second kappa shape index (κ2) is 12.2. The van der Waals surface area contributed by atoms with Gasteiger partial charge < -0.3 is 15.1 Å². The number of anilines is 1. The third-order valence-corrected chi connectivity index (χ3v) is 7.08. The molecule has 1 N–H and O–H groups in total. The van der Waals surface area contributed by atoms with Gasteiger partial charge in [0.1, 0.15) is 5.82 Å². The number of rotatable bonds is 9. The lowest BCUT2D eigenvalue weighted by Gasteiger charge is -2.35. The number of benzene rings is 2. The van der Waals surface area contributed by atoms with Crippen LogP contribution >= 0.6 is 11.8 Å². The average molecular weight is 490 g/mol. The molecule has 1 aliphatic rings. The van der Waals surface area contributed by atoms with Crippen molar-refractivity contribution in [1.29, 1.82) is 0 Å². The van der Waals surface area contributed by atoms with Crippen LogP contribution in [0.25, 0.3) is 11.3 Å². The van der Waals surface area contributed by atoms with E-state index < -0.39 is 0 Å². The number of hydrogen-bond donors (Lipinski definition) is 1. The second-order valence-corrected chi connectivity index (χ2v) is 10.2. The van der Waals surface area contributed by atoms with Crippen molar-refractivity contribution in [3.63, 3.8) is 0 Å². The molecular formula is C28H35N5OS. The Morgan fingerprint density at radius 1 is 1.00 bits per heavy atom. The number of piperazine rings is 1. The summed E-state index contributed by atoms with van der Waals surface area (Å²) in [5, 5.41) is 3.75. The molecule has 1 saturated heterocycles. The average Bonchev–Trinajstić information content (AvgIpc) is 2.91. The van der Waals surface area contributed by atoms with Crippen molar-refractivity contribution in [3.8, 4) is 11.3 Å². The lowest BCUT2D eigenvalue weighted by Crippen LogP contribution is -2.46. The van der Waals surface area contributed by atoms with Crippen molar-refractivity contribution in [3.05, 3.63) is 71.8 Å². The summed E-state index contributed by atoms with van der Waals surface area (Å²) in [4.78, 5) is 26.9. The summed E-state index contributed by atoms with van der Waals surface area (Å²) in [5.74, 6) is 2.15. The molecule has 4 rings (SSSR count). The summed E-state index contributed by atoms with van der Waals surface area (Å²) in [5.41, 5.74) is 3.88. The molecule has 1 aromatic heterocycles. The van der Waals surface area contributed by atoms with Crippen LogP contribution in [0.3, 0.4) is 0 Å². The molecule has 35 heavy (non-hydrogen) atoms. The molecule has 184 valence electrons. The topological polar surface area (TPSA) is 61.4 Å². The van der Waals surface area contributed by atoms with Crippen LogP contribution in [0.4, 0.5) is 5.82 Å². The van der Waals surface area contributed by atoms with Crippen molar-refractivity contribution in [2.45, 2.75) is 31.7 Å². The van der Waals surface area contributed by atoms with Gasteiger partial charge in [0, 0.05) is 55.7 Å². The number of amides is 1. The van der Waals surface area contributed by atoms with Crippen LogP contribution in [0.15, 0.2) is 65.8 Å². The Labute approximate surface area is 213 Å². The Bertz CT molecular complexity index is 1100. The summed E-state index contributed by atoms with van der Waals surface area (Å²) in [6, 6.07) is 20.2. The molecule has 1 fully saturated rings. The van der Waals surface area contributed by atoms with Gasteiger partial charge >= 0.3 is 0 Å². The van der Waals surface area contributed by atoms with Gasteiger partial charge in [-0.3, -0.25) is 4.79 Å². The third kappa shape index (κ3) is 7.05. The third-order valence-electron chi connectivity index (χ3n) is 6.16. The Hall–Kier alpha value is -2.90. The summed E-state index contributed by atoms with van der Waals surface area (Å²) < 4.78 is 0. The smallest absolute Gasteiger partial charge is 0.251 e. The quantitative estimate of drug-likeness (QED) is 0.339. The number of likely N-dealkylation sites (N-methyl/N-ethyl adjacent to an activating group) is 1. The number of nitrogens with one attached hydrogen (secondary N) is 1. The largest absolute Gasteiger partial charge is 0.354 e. The van der Waals surface area contributed by atoms with Gasteiger partial charge in [0.05, 0.1) is 5.69 Å². The van der Waals surface area contributed by atoms with Gasteiger partial charge in [-0.25, -0.2) is 9.97 Å². The minimum atomic E-state index is -0.0235. The van der Waals surface area contributed by atoms with E-state index in [1.54, 1.807) is 11.8 Å². The molecule has 1 amide bonds. The van der Waals surface area contributed by atoms with Crippen molar-refractivity contribution >= 4 is 23.5 Å². The second-order valence-electron chi connectivity index (χ2n) is 9.27. The number of thioether (sulfide) groups is 1. The maximum absolute atomic E-state index is 12.3. The molecule has 6 nitrogen and oxygen atoms in total. The fourth-order valence-electron chi connectivity index (χ4n) is 3.99. The van der Waals surface area contributed by atoms with E-state index in [1.807, 2.05) is 42.5 Å². The molecule has 2 aromatic carbocycles. The van der Waals surface area contributed by atoms with Gasteiger partial charge in [0.15, 0.2) is 5.16 Å². The first-order valence-corrected chi connectivity index (χ1v) is 13.4. The summed E-state index contributed by atoms with van der Waals surface area (Å²) in [6.45, 7) is 12.2. The van der Waals surface area contributed by atoms with Gasteiger partial charge in [-0.15, -0.1) is 0 Å². The van der Waals surface area contributed by atoms with Crippen LogP contribution in [0.1, 0.15) is 36.7 Å². The molecule has 0 aliphatic carbocycles. The fraction of sp³-hybridized carbons (Fsp3) is 0.393. The monoisotopic (exact) mass is 489 g/mol. The minimum absolute atomic E-state index is 0.0235. The van der Waals surface area contributed by atoms with Crippen LogP contribution in [0.5, 0.6) is 0 Å². The van der Waals surface area contributed by atoms with Crippen molar-refractivity contribution in [1.82, 2.24) is 20.2 Å². The van der Waals surface area contributed by atoms with Gasteiger partial charge in [0.25, 0.3) is 5.91 Å². The lowest BCUT2D eigenvalue weighted by molar-refractivity contribution is 0.0949. The highest BCUT2D eigenvalue weighted by atomic mass is 32.2. The van der Waals surface area contributed by atoms with Gasteiger partial charge in [0.2, 0.25) is 0 Å². The Morgan fingerprint density at radius 3 is 2.37 bits per heavy atom.